The van der Waals surface area contributed by atoms with Gasteiger partial charge in [-0.2, -0.15) is 4.98 Å². The number of ether oxygens (including phenoxy) is 1. The van der Waals surface area contributed by atoms with Crippen LogP contribution in [0, 0.1) is 0 Å². The molecular formula is C11H17N5O2. The lowest BCUT2D eigenvalue weighted by Crippen LogP contribution is -2.38. The molecule has 0 aliphatic carbocycles. The summed E-state index contributed by atoms with van der Waals surface area (Å²) in [4.78, 5) is 23.3. The third-order valence-electron chi connectivity index (χ3n) is 2.92. The molecule has 0 bridgehead atoms. The van der Waals surface area contributed by atoms with E-state index in [-0.39, 0.29) is 6.03 Å². The highest BCUT2D eigenvalue weighted by molar-refractivity contribution is 5.72. The summed E-state index contributed by atoms with van der Waals surface area (Å²) in [5, 5.41) is 0. The van der Waals surface area contributed by atoms with E-state index in [1.807, 2.05) is 4.90 Å². The number of anilines is 1. The van der Waals surface area contributed by atoms with Crippen molar-refractivity contribution in [1.29, 1.82) is 0 Å². The molecule has 0 spiro atoms. The van der Waals surface area contributed by atoms with E-state index >= 15 is 0 Å². The number of urea groups is 1. The number of primary amides is 1. The molecular weight excluding hydrogens is 234 g/mol. The van der Waals surface area contributed by atoms with Gasteiger partial charge in [0.1, 0.15) is 0 Å². The average Bonchev–Trinajstić information content (AvgIpc) is 2.64. The summed E-state index contributed by atoms with van der Waals surface area (Å²) in [5.41, 5.74) is 5.28. The predicted octanol–water partition coefficient (Wildman–Crippen LogP) is 0.0760. The van der Waals surface area contributed by atoms with Crippen LogP contribution in [0.2, 0.25) is 0 Å². The molecule has 2 N–H and O–H groups in total. The van der Waals surface area contributed by atoms with Crippen molar-refractivity contribution in [2.75, 3.05) is 38.2 Å². The maximum absolute atomic E-state index is 11.1. The summed E-state index contributed by atoms with van der Waals surface area (Å²) >= 11 is 0. The Morgan fingerprint density at radius 1 is 1.39 bits per heavy atom. The van der Waals surface area contributed by atoms with Crippen LogP contribution >= 0.6 is 0 Å². The first-order valence-corrected chi connectivity index (χ1v) is 5.87. The van der Waals surface area contributed by atoms with Crippen LogP contribution in [0.25, 0.3) is 0 Å². The Bertz CT molecular complexity index is 426. The molecule has 1 aliphatic heterocycles. The SMILES string of the molecule is COc1ccnc(N2CCCN(C(N)=O)CC2)n1. The Hall–Kier alpha value is -2.05. The number of hydrogen-bond donors (Lipinski definition) is 1. The highest BCUT2D eigenvalue weighted by Crippen LogP contribution is 2.14. The van der Waals surface area contributed by atoms with E-state index in [1.54, 1.807) is 24.3 Å². The van der Waals surface area contributed by atoms with Crippen LogP contribution < -0.4 is 15.4 Å². The number of nitrogens with zero attached hydrogens (tertiary/aromatic N) is 4. The van der Waals surface area contributed by atoms with E-state index in [0.717, 1.165) is 13.0 Å². The summed E-state index contributed by atoms with van der Waals surface area (Å²) in [6, 6.07) is 1.33. The van der Waals surface area contributed by atoms with Gasteiger partial charge in [-0.25, -0.2) is 9.78 Å². The Labute approximate surface area is 106 Å². The number of rotatable bonds is 2. The predicted molar refractivity (Wildman–Crippen MR) is 66.6 cm³/mol. The van der Waals surface area contributed by atoms with Crippen molar-refractivity contribution < 1.29 is 9.53 Å². The van der Waals surface area contributed by atoms with Gasteiger partial charge >= 0.3 is 6.03 Å². The summed E-state index contributed by atoms with van der Waals surface area (Å²) in [5.74, 6) is 1.16. The number of methoxy groups -OCH3 is 1. The minimum atomic E-state index is -0.372. The molecule has 7 nitrogen and oxygen atoms in total. The van der Waals surface area contributed by atoms with Gasteiger partial charge in [0.05, 0.1) is 7.11 Å². The van der Waals surface area contributed by atoms with Gasteiger partial charge in [-0.3, -0.25) is 0 Å². The van der Waals surface area contributed by atoms with Crippen molar-refractivity contribution in [3.8, 4) is 5.88 Å². The first-order chi connectivity index (χ1) is 8.70. The molecule has 0 radical (unpaired) electrons. The zero-order valence-electron chi connectivity index (χ0n) is 10.4. The van der Waals surface area contributed by atoms with Gasteiger partial charge in [0.15, 0.2) is 0 Å². The molecule has 0 atom stereocenters. The van der Waals surface area contributed by atoms with Crippen molar-refractivity contribution in [1.82, 2.24) is 14.9 Å². The molecule has 98 valence electrons. The van der Waals surface area contributed by atoms with E-state index in [1.165, 1.54) is 0 Å². The van der Waals surface area contributed by atoms with E-state index < -0.39 is 0 Å². The van der Waals surface area contributed by atoms with Gasteiger partial charge in [0.2, 0.25) is 11.8 Å². The number of amides is 2. The van der Waals surface area contributed by atoms with Crippen molar-refractivity contribution in [3.63, 3.8) is 0 Å². The van der Waals surface area contributed by atoms with Gasteiger partial charge in [-0.15, -0.1) is 0 Å². The minimum Gasteiger partial charge on any atom is -0.481 e. The second-order valence-corrected chi connectivity index (χ2v) is 4.06. The largest absolute Gasteiger partial charge is 0.481 e. The van der Waals surface area contributed by atoms with Crippen LogP contribution in [-0.4, -0.2) is 54.2 Å². The first kappa shape index (κ1) is 12.4. The van der Waals surface area contributed by atoms with Gasteiger partial charge in [-0.1, -0.05) is 0 Å². The van der Waals surface area contributed by atoms with Crippen LogP contribution in [0.15, 0.2) is 12.3 Å². The summed E-state index contributed by atoms with van der Waals surface area (Å²) in [7, 11) is 1.57. The van der Waals surface area contributed by atoms with Gasteiger partial charge < -0.3 is 20.3 Å². The van der Waals surface area contributed by atoms with Gasteiger partial charge in [-0.05, 0) is 6.42 Å². The fourth-order valence-corrected chi connectivity index (χ4v) is 1.94. The van der Waals surface area contributed by atoms with Crippen LogP contribution in [-0.2, 0) is 0 Å². The molecule has 1 aromatic rings. The monoisotopic (exact) mass is 251 g/mol. The van der Waals surface area contributed by atoms with Crippen LogP contribution in [0.4, 0.5) is 10.7 Å². The Balaban J connectivity index is 2.07. The van der Waals surface area contributed by atoms with E-state index in [0.29, 0.717) is 31.5 Å². The van der Waals surface area contributed by atoms with E-state index in [9.17, 15) is 4.79 Å². The van der Waals surface area contributed by atoms with Gasteiger partial charge in [0, 0.05) is 38.4 Å². The first-order valence-electron chi connectivity index (χ1n) is 5.87. The lowest BCUT2D eigenvalue weighted by Gasteiger charge is -2.21. The second kappa shape index (κ2) is 5.52. The third-order valence-corrected chi connectivity index (χ3v) is 2.92. The standard InChI is InChI=1S/C11H17N5O2/c1-18-9-3-4-13-11(14-9)16-6-2-5-15(7-8-16)10(12)17/h3-4H,2,5-8H2,1H3,(H2,12,17). The molecule has 0 saturated carbocycles. The lowest BCUT2D eigenvalue weighted by molar-refractivity contribution is 0.211. The minimum absolute atomic E-state index is 0.372. The molecule has 1 saturated heterocycles. The van der Waals surface area contributed by atoms with Crippen LogP contribution in [0.3, 0.4) is 0 Å². The third kappa shape index (κ3) is 2.79. The fraction of sp³-hybridized carbons (Fsp3) is 0.545. The lowest BCUT2D eigenvalue weighted by atomic mass is 10.4. The summed E-state index contributed by atoms with van der Waals surface area (Å²) < 4.78 is 5.07. The highest BCUT2D eigenvalue weighted by Gasteiger charge is 2.18. The molecule has 1 aromatic heterocycles. The Morgan fingerprint density at radius 3 is 2.94 bits per heavy atom. The maximum atomic E-state index is 11.1. The molecule has 0 unspecified atom stereocenters. The number of aromatic nitrogens is 2. The molecule has 7 heteroatoms. The van der Waals surface area contributed by atoms with Crippen molar-refractivity contribution in [2.45, 2.75) is 6.42 Å². The number of carbonyl (C=O) groups is 1. The zero-order valence-corrected chi connectivity index (χ0v) is 10.4. The van der Waals surface area contributed by atoms with Crippen LogP contribution in [0.5, 0.6) is 5.88 Å². The molecule has 2 rings (SSSR count). The topological polar surface area (TPSA) is 84.6 Å². The Morgan fingerprint density at radius 2 is 2.22 bits per heavy atom. The highest BCUT2D eigenvalue weighted by atomic mass is 16.5. The average molecular weight is 251 g/mol. The summed E-state index contributed by atoms with van der Waals surface area (Å²) in [6.07, 6.45) is 2.52. The maximum Gasteiger partial charge on any atom is 0.314 e. The normalized spacial score (nSPS) is 16.3. The molecule has 1 aliphatic rings. The molecule has 0 aromatic carbocycles. The van der Waals surface area contributed by atoms with Crippen molar-refractivity contribution in [2.24, 2.45) is 5.73 Å². The fourth-order valence-electron chi connectivity index (χ4n) is 1.94. The molecule has 18 heavy (non-hydrogen) atoms. The molecule has 2 heterocycles. The smallest absolute Gasteiger partial charge is 0.314 e. The number of hydrogen-bond acceptors (Lipinski definition) is 5. The van der Waals surface area contributed by atoms with Crippen LogP contribution in [0.1, 0.15) is 6.42 Å². The van der Waals surface area contributed by atoms with Gasteiger partial charge in [0.25, 0.3) is 0 Å². The number of nitrogens with two attached hydrogens (primary N) is 1. The molecule has 1 fully saturated rings. The van der Waals surface area contributed by atoms with E-state index in [2.05, 4.69) is 9.97 Å². The van der Waals surface area contributed by atoms with E-state index in [4.69, 9.17) is 10.5 Å². The zero-order chi connectivity index (χ0) is 13.0. The number of carbonyl (C=O) groups excluding carboxylic acids is 1. The van der Waals surface area contributed by atoms with Crippen molar-refractivity contribution in [3.05, 3.63) is 12.3 Å². The Kier molecular flexibility index (Phi) is 3.81. The molecule has 2 amide bonds. The second-order valence-electron chi connectivity index (χ2n) is 4.06. The quantitative estimate of drug-likeness (QED) is 0.804. The van der Waals surface area contributed by atoms with Crippen molar-refractivity contribution >= 4 is 12.0 Å². The summed E-state index contributed by atoms with van der Waals surface area (Å²) in [6.45, 7) is 2.75.